The SMILES string of the molecule is CCCCCCC(=C=[N+]=[N-])C(CCCCC)=C(c1cc(CC)c(CC)c(CC)c1)c1cc(CCC)c(CCC)c(CCC)c1.[CH2-]CCCCCCCCCCCCCCCCCCCCCCCCC.[CH2-]CCCCCCCCCCCCCCCCCCCCCCCCC.[Ni+2]. The fourth-order valence-electron chi connectivity index (χ4n) is 15.0. The van der Waals surface area contributed by atoms with Crippen molar-refractivity contribution in [3.63, 3.8) is 0 Å². The summed E-state index contributed by atoms with van der Waals surface area (Å²) in [7, 11) is 0. The van der Waals surface area contributed by atoms with Gasteiger partial charge in [-0.15, -0.1) is 4.79 Å². The number of hydrogen-bond donors (Lipinski definition) is 0. The first-order valence-corrected chi connectivity index (χ1v) is 43.9. The molecule has 0 bridgehead atoms. The molecule has 566 valence electrons. The first kappa shape index (κ1) is 96.9. The van der Waals surface area contributed by atoms with Gasteiger partial charge >= 0.3 is 22.4 Å². The molecule has 2 aromatic carbocycles. The predicted molar refractivity (Wildman–Crippen MR) is 438 cm³/mol. The summed E-state index contributed by atoms with van der Waals surface area (Å²) < 4.78 is 0. The molecule has 97 heavy (non-hydrogen) atoms. The Labute approximate surface area is 621 Å². The van der Waals surface area contributed by atoms with E-state index < -0.39 is 0 Å². The van der Waals surface area contributed by atoms with Crippen molar-refractivity contribution in [3.05, 3.63) is 99.3 Å². The molecule has 3 heteroatoms. The van der Waals surface area contributed by atoms with Gasteiger partial charge in [0.25, 0.3) is 0 Å². The molecule has 0 aliphatic carbocycles. The zero-order valence-electron chi connectivity index (χ0n) is 67.6. The van der Waals surface area contributed by atoms with Crippen LogP contribution in [0.2, 0.25) is 0 Å². The zero-order valence-corrected chi connectivity index (χ0v) is 68.6. The summed E-state index contributed by atoms with van der Waals surface area (Å²) >= 11 is 0. The van der Waals surface area contributed by atoms with Crippen molar-refractivity contribution >= 4 is 11.4 Å². The van der Waals surface area contributed by atoms with E-state index in [9.17, 15) is 5.53 Å². The van der Waals surface area contributed by atoms with Gasteiger partial charge in [0, 0.05) is 0 Å². The molecule has 2 aromatic rings. The zero-order chi connectivity index (χ0) is 70.3. The Hall–Kier alpha value is -2.17. The fraction of sp³-hybridized carbons (Fsp3) is 0.809. The number of nitrogens with zero attached hydrogens (tertiary/aromatic N) is 2. The summed E-state index contributed by atoms with van der Waals surface area (Å²) in [5.41, 5.74) is 25.5. The molecule has 0 aliphatic rings. The van der Waals surface area contributed by atoms with Crippen molar-refractivity contribution in [1.82, 2.24) is 0 Å². The second-order valence-corrected chi connectivity index (χ2v) is 29.9. The van der Waals surface area contributed by atoms with E-state index in [1.165, 1.54) is 384 Å². The van der Waals surface area contributed by atoms with Crippen LogP contribution in [0, 0.1) is 13.8 Å². The van der Waals surface area contributed by atoms with Crippen LogP contribution < -0.4 is 0 Å². The summed E-state index contributed by atoms with van der Waals surface area (Å²) in [5, 5.41) is 0. The summed E-state index contributed by atoms with van der Waals surface area (Å²) in [4.78, 5) is 3.56. The third-order valence-electron chi connectivity index (χ3n) is 21.0. The van der Waals surface area contributed by atoms with Gasteiger partial charge in [0.2, 0.25) is 0 Å². The molecule has 0 aromatic heterocycles. The molecule has 0 saturated carbocycles. The average molecular weight is 1390 g/mol. The van der Waals surface area contributed by atoms with Crippen molar-refractivity contribution in [2.75, 3.05) is 0 Å². The third-order valence-corrected chi connectivity index (χ3v) is 21.0. The standard InChI is InChI=1S/C42H64N2.2C26H53.Ni/c1-9-17-19-21-25-36(31-44-43)41(26-20-18-10-2)42(37-27-32(14-6)39(16-8)33(15-7)28-37)38-29-34(22-11-3)40(24-13-5)35(30-38)23-12-4;2*1-3-5-7-9-11-13-15-17-19-21-23-25-26-24-22-20-18-16-14-12-10-8-6-4-2;/h27-30H,9-26H2,1-8H3;2*1,3-26H2,2H3;/q;2*-1;+2. The fourth-order valence-corrected chi connectivity index (χ4v) is 15.0. The summed E-state index contributed by atoms with van der Waals surface area (Å²) in [5.74, 6) is 3.14. The summed E-state index contributed by atoms with van der Waals surface area (Å²) in [6.07, 6.45) is 89.7. The van der Waals surface area contributed by atoms with Crippen molar-refractivity contribution in [3.8, 4) is 0 Å². The van der Waals surface area contributed by atoms with Gasteiger partial charge in [-0.25, -0.2) is 0 Å². The molecule has 0 saturated heterocycles. The molecule has 0 heterocycles. The number of hydrogen-bond acceptors (Lipinski definition) is 0. The average Bonchev–Trinajstić information content (AvgIpc) is 0.781. The van der Waals surface area contributed by atoms with Gasteiger partial charge in [0.15, 0.2) is 0 Å². The maximum atomic E-state index is 9.91. The van der Waals surface area contributed by atoms with E-state index >= 15 is 0 Å². The van der Waals surface area contributed by atoms with E-state index in [-0.39, 0.29) is 16.5 Å². The summed E-state index contributed by atoms with van der Waals surface area (Å²) in [6, 6.07) is 10.1. The number of allylic oxidation sites excluding steroid dienone is 2. The minimum atomic E-state index is 0. The van der Waals surface area contributed by atoms with E-state index in [0.29, 0.717) is 0 Å². The van der Waals surface area contributed by atoms with Crippen LogP contribution in [0.4, 0.5) is 0 Å². The van der Waals surface area contributed by atoms with Gasteiger partial charge in [0.05, 0.1) is 5.57 Å². The largest absolute Gasteiger partial charge is 2.00 e. The molecular weight excluding hydrogens is 1220 g/mol. The van der Waals surface area contributed by atoms with E-state index in [2.05, 4.69) is 118 Å². The Kier molecular flexibility index (Phi) is 76.4. The Morgan fingerprint density at radius 3 is 0.784 bits per heavy atom. The maximum Gasteiger partial charge on any atom is 2.00 e. The quantitative estimate of drug-likeness (QED) is 0.0120. The monoisotopic (exact) mass is 1390 g/mol. The van der Waals surface area contributed by atoms with Gasteiger partial charge < -0.3 is 19.4 Å². The van der Waals surface area contributed by atoms with Crippen molar-refractivity contribution in [1.29, 1.82) is 0 Å². The topological polar surface area (TPSA) is 36.4 Å². The number of benzene rings is 2. The van der Waals surface area contributed by atoms with Crippen LogP contribution in [-0.4, -0.2) is 10.7 Å². The van der Waals surface area contributed by atoms with Crippen LogP contribution in [0.15, 0.2) is 35.4 Å². The first-order valence-electron chi connectivity index (χ1n) is 43.9. The van der Waals surface area contributed by atoms with Gasteiger partial charge in [-0.3, -0.25) is 0 Å². The second-order valence-electron chi connectivity index (χ2n) is 29.9. The summed E-state index contributed by atoms with van der Waals surface area (Å²) in [6.45, 7) is 30.8. The van der Waals surface area contributed by atoms with Crippen LogP contribution in [-0.2, 0) is 55.0 Å². The molecule has 2 nitrogen and oxygen atoms in total. The number of rotatable bonds is 67. The van der Waals surface area contributed by atoms with Crippen molar-refractivity contribution < 1.29 is 21.3 Å². The molecular formula is C94H170N2Ni. The Bertz CT molecular complexity index is 1950. The van der Waals surface area contributed by atoms with E-state index in [1.54, 1.807) is 5.56 Å². The molecule has 0 unspecified atom stereocenters. The maximum absolute atomic E-state index is 9.91. The van der Waals surface area contributed by atoms with Gasteiger partial charge in [-0.05, 0) is 120 Å². The van der Waals surface area contributed by atoms with E-state index in [4.69, 9.17) is 0 Å². The van der Waals surface area contributed by atoms with Crippen LogP contribution in [0.25, 0.3) is 11.1 Å². The molecule has 0 N–H and O–H groups in total. The van der Waals surface area contributed by atoms with Crippen molar-refractivity contribution in [2.45, 2.75) is 493 Å². The van der Waals surface area contributed by atoms with Gasteiger partial charge in [0.1, 0.15) is 0 Å². The minimum Gasteiger partial charge on any atom is -0.348 e. The van der Waals surface area contributed by atoms with Crippen LogP contribution in [0.5, 0.6) is 0 Å². The van der Waals surface area contributed by atoms with Crippen molar-refractivity contribution in [2.24, 2.45) is 0 Å². The van der Waals surface area contributed by atoms with Crippen LogP contribution >= 0.6 is 0 Å². The molecule has 0 amide bonds. The number of aryl methyl sites for hydroxylation is 4. The minimum absolute atomic E-state index is 0. The normalized spacial score (nSPS) is 11.4. The van der Waals surface area contributed by atoms with E-state index in [1.807, 2.05) is 0 Å². The molecule has 0 spiro atoms. The predicted octanol–water partition coefficient (Wildman–Crippen LogP) is 32.8. The van der Waals surface area contributed by atoms with E-state index in [0.717, 1.165) is 95.5 Å². The van der Waals surface area contributed by atoms with Crippen LogP contribution in [0.3, 0.4) is 0 Å². The van der Waals surface area contributed by atoms with Gasteiger partial charge in [-0.2, -0.15) is 12.8 Å². The Morgan fingerprint density at radius 1 is 0.289 bits per heavy atom. The van der Waals surface area contributed by atoms with Gasteiger partial charge in [-0.1, -0.05) is 440 Å². The Balaban J connectivity index is 0. The number of unbranched alkanes of at least 4 members (excludes halogenated alkanes) is 51. The third kappa shape index (κ3) is 54.2. The molecule has 0 radical (unpaired) electrons. The van der Waals surface area contributed by atoms with Crippen LogP contribution in [0.1, 0.15) is 499 Å². The molecule has 0 aliphatic heterocycles. The smallest absolute Gasteiger partial charge is 0.348 e. The first-order chi connectivity index (χ1) is 47.3. The molecule has 0 atom stereocenters. The molecule has 0 fully saturated rings. The Morgan fingerprint density at radius 2 is 0.536 bits per heavy atom. The second kappa shape index (κ2) is 76.5. The molecule has 2 rings (SSSR count).